The van der Waals surface area contributed by atoms with Gasteiger partial charge in [0.25, 0.3) is 0 Å². The predicted molar refractivity (Wildman–Crippen MR) is 72.9 cm³/mol. The molecule has 0 fully saturated rings. The number of hydrogen-bond acceptors (Lipinski definition) is 8. The highest BCUT2D eigenvalue weighted by molar-refractivity contribution is 7.78. The molecule has 0 spiro atoms. The fourth-order valence-electron chi connectivity index (χ4n) is 0.833. The summed E-state index contributed by atoms with van der Waals surface area (Å²) >= 11 is 0. The highest BCUT2D eigenvalue weighted by Crippen LogP contribution is 2.48. The van der Waals surface area contributed by atoms with Crippen molar-refractivity contribution in [2.75, 3.05) is 40.8 Å². The van der Waals surface area contributed by atoms with Crippen LogP contribution in [-0.4, -0.2) is 52.2 Å². The van der Waals surface area contributed by atoms with Crippen molar-refractivity contribution in [3.63, 3.8) is 0 Å². The minimum atomic E-state index is -3.88. The molecule has 0 saturated heterocycles. The fourth-order valence-corrected chi connectivity index (χ4v) is 1.90. The first-order valence-electron chi connectivity index (χ1n) is 5.43. The normalized spacial score (nSPS) is 12.4. The van der Waals surface area contributed by atoms with Crippen molar-refractivity contribution in [2.45, 2.75) is 0 Å². The van der Waals surface area contributed by atoms with Gasteiger partial charge in [-0.3, -0.25) is 0 Å². The third-order valence-electron chi connectivity index (χ3n) is 1.92. The first-order valence-corrected chi connectivity index (χ1v) is 9.58. The average Bonchev–Trinajstić information content (AvgIpc) is 2.39. The van der Waals surface area contributed by atoms with Gasteiger partial charge in [-0.15, -0.1) is 0 Å². The van der Waals surface area contributed by atoms with Crippen LogP contribution in [0.1, 0.15) is 0 Å². The number of hydrogen-bond donors (Lipinski definition) is 0. The van der Waals surface area contributed by atoms with E-state index in [0.717, 1.165) is 14.2 Å². The predicted octanol–water partition coefficient (Wildman–Crippen LogP) is 2.92. The topological polar surface area (TPSA) is 105 Å². The maximum atomic E-state index is 11.5. The molecule has 0 unspecified atom stereocenters. The van der Waals surface area contributed by atoms with Crippen LogP contribution in [0.15, 0.2) is 12.2 Å². The molecular formula is C10H18O8P2. The van der Waals surface area contributed by atoms with Gasteiger partial charge in [-0.25, -0.2) is 14.2 Å². The summed E-state index contributed by atoms with van der Waals surface area (Å²) < 4.78 is 41.0. The van der Waals surface area contributed by atoms with Gasteiger partial charge in [0.15, 0.2) is 7.14 Å². The third-order valence-corrected chi connectivity index (χ3v) is 4.46. The van der Waals surface area contributed by atoms with E-state index >= 15 is 0 Å². The summed E-state index contributed by atoms with van der Waals surface area (Å²) in [7, 11) is -4.66. The van der Waals surface area contributed by atoms with Crippen LogP contribution in [0.4, 0.5) is 9.59 Å². The van der Waals surface area contributed by atoms with Gasteiger partial charge in [-0.2, -0.15) is 0 Å². The van der Waals surface area contributed by atoms with E-state index in [9.17, 15) is 18.7 Å². The Morgan fingerprint density at radius 1 is 0.900 bits per heavy atom. The molecule has 0 atom stereocenters. The Morgan fingerprint density at radius 3 is 1.65 bits per heavy atom. The second kappa shape index (κ2) is 8.37. The van der Waals surface area contributed by atoms with Gasteiger partial charge in [0.1, 0.15) is 13.2 Å². The Labute approximate surface area is 117 Å². The van der Waals surface area contributed by atoms with Crippen molar-refractivity contribution in [1.82, 2.24) is 0 Å². The average molecular weight is 328 g/mol. The van der Waals surface area contributed by atoms with Crippen LogP contribution in [0.5, 0.6) is 0 Å². The smallest absolute Gasteiger partial charge is 0.437 e. The summed E-state index contributed by atoms with van der Waals surface area (Å²) in [6.45, 7) is 2.30. The van der Waals surface area contributed by atoms with Crippen LogP contribution in [0.2, 0.25) is 0 Å². The zero-order valence-corrected chi connectivity index (χ0v) is 13.5. The largest absolute Gasteiger partial charge is 0.456 e. The van der Waals surface area contributed by atoms with E-state index in [-0.39, 0.29) is 13.2 Å². The molecule has 20 heavy (non-hydrogen) atoms. The molecule has 0 amide bonds. The zero-order valence-electron chi connectivity index (χ0n) is 11.7. The summed E-state index contributed by atoms with van der Waals surface area (Å²) in [5.74, 6) is 0. The van der Waals surface area contributed by atoms with Crippen LogP contribution >= 0.6 is 14.7 Å². The van der Waals surface area contributed by atoms with Crippen LogP contribution in [0, 0.1) is 0 Å². The first kappa shape index (κ1) is 19.1. The summed E-state index contributed by atoms with van der Waals surface area (Å²) in [6, 6.07) is 0. The van der Waals surface area contributed by atoms with Crippen LogP contribution < -0.4 is 0 Å². The van der Waals surface area contributed by atoms with Gasteiger partial charge in [0.2, 0.25) is 0 Å². The molecule has 0 N–H and O–H groups in total. The maximum absolute atomic E-state index is 11.5. The first-order chi connectivity index (χ1) is 9.17. The Balaban J connectivity index is 4.06. The number of ether oxygens (including phenoxy) is 2. The number of carbonyl (C=O) groups is 2. The molecule has 0 saturated carbocycles. The maximum Gasteiger partial charge on any atom is 0.437 e. The second-order valence-electron chi connectivity index (χ2n) is 3.84. The third kappa shape index (κ3) is 6.48. The molecule has 0 bridgehead atoms. The Morgan fingerprint density at radius 2 is 1.30 bits per heavy atom. The highest BCUT2D eigenvalue weighted by atomic mass is 31.2. The van der Waals surface area contributed by atoms with E-state index < -0.39 is 26.2 Å². The minimum Gasteiger partial charge on any atom is -0.456 e. The lowest BCUT2D eigenvalue weighted by atomic mass is 10.5. The van der Waals surface area contributed by atoms with E-state index in [1.54, 1.807) is 0 Å². The summed E-state index contributed by atoms with van der Waals surface area (Å²) in [4.78, 5) is 22.4. The fraction of sp³-hybridized carbons (Fsp3) is 0.600. The quantitative estimate of drug-likeness (QED) is 0.494. The van der Waals surface area contributed by atoms with Crippen molar-refractivity contribution in [3.05, 3.63) is 12.2 Å². The van der Waals surface area contributed by atoms with Crippen molar-refractivity contribution < 1.29 is 37.2 Å². The Hall–Kier alpha value is -0.940. The molecule has 0 aromatic heterocycles. The van der Waals surface area contributed by atoms with E-state index in [1.807, 2.05) is 0 Å². The molecule has 0 rings (SSSR count). The highest BCUT2D eigenvalue weighted by Gasteiger charge is 2.34. The van der Waals surface area contributed by atoms with E-state index in [4.69, 9.17) is 0 Å². The molecule has 0 aliphatic carbocycles. The van der Waals surface area contributed by atoms with Gasteiger partial charge < -0.3 is 23.1 Å². The minimum absolute atomic E-state index is 0.103. The zero-order chi connectivity index (χ0) is 15.8. The van der Waals surface area contributed by atoms with Gasteiger partial charge >= 0.3 is 19.0 Å². The molecule has 0 aliphatic heterocycles. The van der Waals surface area contributed by atoms with E-state index in [1.165, 1.54) is 25.5 Å². The van der Waals surface area contributed by atoms with Gasteiger partial charge in [0, 0.05) is 14.2 Å². The molecule has 0 aromatic carbocycles. The summed E-state index contributed by atoms with van der Waals surface area (Å²) in [6.07, 6.45) is 2.77. The van der Waals surface area contributed by atoms with E-state index in [0.29, 0.717) is 0 Å². The Bertz CT molecular complexity index is 456. The Kier molecular flexibility index (Phi) is 7.98. The van der Waals surface area contributed by atoms with Gasteiger partial charge in [-0.05, 0) is 25.5 Å². The molecule has 0 radical (unpaired) electrons. The van der Waals surface area contributed by atoms with Crippen molar-refractivity contribution in [3.8, 4) is 0 Å². The van der Waals surface area contributed by atoms with E-state index in [2.05, 4.69) is 18.5 Å². The molecule has 0 heterocycles. The lowest BCUT2D eigenvalue weighted by Crippen LogP contribution is -2.06. The molecule has 10 heteroatoms. The lowest BCUT2D eigenvalue weighted by molar-refractivity contribution is 0.167. The van der Waals surface area contributed by atoms with Crippen molar-refractivity contribution in [1.29, 1.82) is 0 Å². The number of rotatable bonds is 8. The van der Waals surface area contributed by atoms with Crippen LogP contribution in [0.25, 0.3) is 0 Å². The van der Waals surface area contributed by atoms with Crippen molar-refractivity contribution >= 4 is 26.2 Å². The summed E-state index contributed by atoms with van der Waals surface area (Å²) in [5, 5.41) is 0. The van der Waals surface area contributed by atoms with Crippen LogP contribution in [0.3, 0.4) is 0 Å². The molecular weight excluding hydrogens is 310 g/mol. The molecule has 116 valence electrons. The van der Waals surface area contributed by atoms with Gasteiger partial charge in [0.05, 0.1) is 0 Å². The number of carbonyl (C=O) groups excluding carboxylic acids is 2. The second-order valence-corrected chi connectivity index (χ2v) is 9.00. The van der Waals surface area contributed by atoms with Crippen LogP contribution in [-0.2, 0) is 27.7 Å². The standard InChI is InChI=1S/C10H18O8P2/c1-15-20(14,16-2)10(12)18-8-6-5-7-17-9(11)19(3,4)13/h5-6H,7-8H2,1-4H3/b6-5+. The SMILES string of the molecule is COP(=O)(OC)C(=O)OC/C=C/COC(=O)P(C)(C)=O. The summed E-state index contributed by atoms with van der Waals surface area (Å²) in [5.41, 5.74) is -1.89. The van der Waals surface area contributed by atoms with Crippen molar-refractivity contribution in [2.24, 2.45) is 0 Å². The van der Waals surface area contributed by atoms with Gasteiger partial charge in [-0.1, -0.05) is 0 Å². The molecule has 0 aromatic rings. The molecule has 0 aliphatic rings. The lowest BCUT2D eigenvalue weighted by Gasteiger charge is -2.10. The monoisotopic (exact) mass is 328 g/mol. The molecule has 8 nitrogen and oxygen atoms in total.